The summed E-state index contributed by atoms with van der Waals surface area (Å²) >= 11 is 0. The van der Waals surface area contributed by atoms with Crippen LogP contribution in [0.2, 0.25) is 0 Å². The highest BCUT2D eigenvalue weighted by Gasteiger charge is 2.13. The Kier molecular flexibility index (Phi) is 4.29. The Bertz CT molecular complexity index is 895. The Morgan fingerprint density at radius 3 is 2.46 bits per heavy atom. The van der Waals surface area contributed by atoms with Crippen LogP contribution in [0.1, 0.15) is 10.5 Å². The number of carbonyl (C=O) groups excluding carboxylic acids is 1. The van der Waals surface area contributed by atoms with Gasteiger partial charge in [0.15, 0.2) is 0 Å². The molecule has 0 aliphatic heterocycles. The Balaban J connectivity index is 1.96. The molecule has 0 fully saturated rings. The van der Waals surface area contributed by atoms with Gasteiger partial charge in [-0.1, -0.05) is 0 Å². The standard InChI is InChI=1S/C18H15FN2O3/c1-23-13-7-8-15-14(9-13)17(24-2)10-16(21-15)18(22)20-12-5-3-11(19)4-6-12/h3-10H,1-2H3,(H,20,22). The Morgan fingerprint density at radius 2 is 1.79 bits per heavy atom. The van der Waals surface area contributed by atoms with Crippen molar-refractivity contribution in [1.29, 1.82) is 0 Å². The molecule has 3 rings (SSSR count). The Labute approximate surface area is 138 Å². The van der Waals surface area contributed by atoms with Crippen LogP contribution in [0.3, 0.4) is 0 Å². The van der Waals surface area contributed by atoms with E-state index in [0.717, 1.165) is 5.39 Å². The van der Waals surface area contributed by atoms with E-state index in [9.17, 15) is 9.18 Å². The first-order chi connectivity index (χ1) is 11.6. The summed E-state index contributed by atoms with van der Waals surface area (Å²) in [5, 5.41) is 3.42. The van der Waals surface area contributed by atoms with Gasteiger partial charge in [0.25, 0.3) is 5.91 Å². The van der Waals surface area contributed by atoms with Gasteiger partial charge in [0.05, 0.1) is 19.7 Å². The average molecular weight is 326 g/mol. The first-order valence-corrected chi connectivity index (χ1v) is 7.20. The smallest absolute Gasteiger partial charge is 0.274 e. The summed E-state index contributed by atoms with van der Waals surface area (Å²) in [6.45, 7) is 0. The summed E-state index contributed by atoms with van der Waals surface area (Å²) in [5.41, 5.74) is 1.30. The van der Waals surface area contributed by atoms with Gasteiger partial charge < -0.3 is 14.8 Å². The minimum absolute atomic E-state index is 0.203. The van der Waals surface area contributed by atoms with Crippen LogP contribution in [0.25, 0.3) is 10.9 Å². The van der Waals surface area contributed by atoms with Gasteiger partial charge in [-0.05, 0) is 42.5 Å². The minimum atomic E-state index is -0.405. The zero-order chi connectivity index (χ0) is 17.1. The number of carbonyl (C=O) groups is 1. The number of nitrogens with one attached hydrogen (secondary N) is 1. The van der Waals surface area contributed by atoms with Gasteiger partial charge in [0.1, 0.15) is 23.0 Å². The van der Waals surface area contributed by atoms with Gasteiger partial charge in [-0.25, -0.2) is 9.37 Å². The summed E-state index contributed by atoms with van der Waals surface area (Å²) < 4.78 is 23.5. The molecule has 0 bridgehead atoms. The summed E-state index contributed by atoms with van der Waals surface area (Å²) in [6, 6.07) is 12.4. The van der Waals surface area contributed by atoms with E-state index in [4.69, 9.17) is 9.47 Å². The molecule has 5 nitrogen and oxygen atoms in total. The van der Waals surface area contributed by atoms with Crippen LogP contribution in [-0.4, -0.2) is 25.1 Å². The Morgan fingerprint density at radius 1 is 1.04 bits per heavy atom. The first-order valence-electron chi connectivity index (χ1n) is 7.20. The maximum Gasteiger partial charge on any atom is 0.274 e. The number of nitrogens with zero attached hydrogens (tertiary/aromatic N) is 1. The number of hydrogen-bond donors (Lipinski definition) is 1. The van der Waals surface area contributed by atoms with E-state index in [0.29, 0.717) is 22.7 Å². The van der Waals surface area contributed by atoms with Crippen molar-refractivity contribution in [3.63, 3.8) is 0 Å². The lowest BCUT2D eigenvalue weighted by Crippen LogP contribution is -2.14. The molecule has 6 heteroatoms. The van der Waals surface area contributed by atoms with Crippen molar-refractivity contribution >= 4 is 22.5 Å². The number of benzene rings is 2. The molecule has 1 heterocycles. The van der Waals surface area contributed by atoms with Crippen LogP contribution in [0.5, 0.6) is 11.5 Å². The van der Waals surface area contributed by atoms with Crippen LogP contribution < -0.4 is 14.8 Å². The van der Waals surface area contributed by atoms with Crippen LogP contribution in [0, 0.1) is 5.82 Å². The molecule has 0 unspecified atom stereocenters. The highest BCUT2D eigenvalue weighted by molar-refractivity contribution is 6.05. The zero-order valence-electron chi connectivity index (χ0n) is 13.2. The summed E-state index contributed by atoms with van der Waals surface area (Å²) in [6.07, 6.45) is 0. The fourth-order valence-electron chi connectivity index (χ4n) is 2.31. The number of methoxy groups -OCH3 is 2. The molecule has 0 aliphatic rings. The molecule has 0 saturated heterocycles. The topological polar surface area (TPSA) is 60.5 Å². The van der Waals surface area contributed by atoms with Crippen molar-refractivity contribution in [2.75, 3.05) is 19.5 Å². The minimum Gasteiger partial charge on any atom is -0.497 e. The largest absolute Gasteiger partial charge is 0.497 e. The van der Waals surface area contributed by atoms with E-state index in [-0.39, 0.29) is 11.5 Å². The van der Waals surface area contributed by atoms with Crippen LogP contribution >= 0.6 is 0 Å². The molecule has 0 atom stereocenters. The van der Waals surface area contributed by atoms with E-state index in [2.05, 4.69) is 10.3 Å². The molecule has 122 valence electrons. The third-order valence-electron chi connectivity index (χ3n) is 3.53. The normalized spacial score (nSPS) is 10.5. The number of hydrogen-bond acceptors (Lipinski definition) is 4. The number of rotatable bonds is 4. The van der Waals surface area contributed by atoms with Crippen molar-refractivity contribution < 1.29 is 18.7 Å². The lowest BCUT2D eigenvalue weighted by atomic mass is 10.1. The van der Waals surface area contributed by atoms with E-state index in [1.54, 1.807) is 31.4 Å². The first kappa shape index (κ1) is 15.7. The van der Waals surface area contributed by atoms with Crippen molar-refractivity contribution in [2.45, 2.75) is 0 Å². The van der Waals surface area contributed by atoms with Crippen molar-refractivity contribution in [3.8, 4) is 11.5 Å². The van der Waals surface area contributed by atoms with Crippen LogP contribution in [0.4, 0.5) is 10.1 Å². The van der Waals surface area contributed by atoms with Gasteiger partial charge in [0.2, 0.25) is 0 Å². The highest BCUT2D eigenvalue weighted by atomic mass is 19.1. The lowest BCUT2D eigenvalue weighted by Gasteiger charge is -2.10. The van der Waals surface area contributed by atoms with Gasteiger partial charge in [-0.2, -0.15) is 0 Å². The van der Waals surface area contributed by atoms with Gasteiger partial charge in [0, 0.05) is 17.1 Å². The summed E-state index contributed by atoms with van der Waals surface area (Å²) in [7, 11) is 3.10. The number of pyridine rings is 1. The number of aromatic nitrogens is 1. The quantitative estimate of drug-likeness (QED) is 0.795. The molecule has 1 N–H and O–H groups in total. The van der Waals surface area contributed by atoms with Crippen molar-refractivity contribution in [3.05, 3.63) is 60.0 Å². The predicted molar refractivity (Wildman–Crippen MR) is 89.2 cm³/mol. The van der Waals surface area contributed by atoms with Crippen molar-refractivity contribution in [1.82, 2.24) is 4.98 Å². The molecular weight excluding hydrogens is 311 g/mol. The number of halogens is 1. The third-order valence-corrected chi connectivity index (χ3v) is 3.53. The molecule has 0 radical (unpaired) electrons. The number of anilines is 1. The van der Waals surface area contributed by atoms with E-state index in [1.165, 1.54) is 31.4 Å². The second kappa shape index (κ2) is 6.54. The fraction of sp³-hybridized carbons (Fsp3) is 0.111. The third kappa shape index (κ3) is 3.12. The van der Waals surface area contributed by atoms with Gasteiger partial charge >= 0.3 is 0 Å². The molecule has 24 heavy (non-hydrogen) atoms. The molecular formula is C18H15FN2O3. The van der Waals surface area contributed by atoms with E-state index >= 15 is 0 Å². The fourth-order valence-corrected chi connectivity index (χ4v) is 2.31. The van der Waals surface area contributed by atoms with Crippen LogP contribution in [-0.2, 0) is 0 Å². The van der Waals surface area contributed by atoms with E-state index in [1.807, 2.05) is 0 Å². The van der Waals surface area contributed by atoms with Crippen LogP contribution in [0.15, 0.2) is 48.5 Å². The maximum absolute atomic E-state index is 12.9. The monoisotopic (exact) mass is 326 g/mol. The number of ether oxygens (including phenoxy) is 2. The molecule has 1 amide bonds. The molecule has 2 aromatic carbocycles. The Hall–Kier alpha value is -3.15. The average Bonchev–Trinajstić information content (AvgIpc) is 2.62. The van der Waals surface area contributed by atoms with Gasteiger partial charge in [-0.3, -0.25) is 4.79 Å². The summed E-state index contributed by atoms with van der Waals surface area (Å²) in [5.74, 6) is 0.416. The highest BCUT2D eigenvalue weighted by Crippen LogP contribution is 2.29. The molecule has 3 aromatic rings. The van der Waals surface area contributed by atoms with Gasteiger partial charge in [-0.15, -0.1) is 0 Å². The van der Waals surface area contributed by atoms with E-state index < -0.39 is 5.91 Å². The maximum atomic E-state index is 12.9. The lowest BCUT2D eigenvalue weighted by molar-refractivity contribution is 0.102. The van der Waals surface area contributed by atoms with Crippen molar-refractivity contribution in [2.24, 2.45) is 0 Å². The SMILES string of the molecule is COc1ccc2nc(C(=O)Nc3ccc(F)cc3)cc(OC)c2c1. The molecule has 0 saturated carbocycles. The molecule has 1 aromatic heterocycles. The molecule has 0 aliphatic carbocycles. The second-order valence-electron chi connectivity index (χ2n) is 5.05. The second-order valence-corrected chi connectivity index (χ2v) is 5.05. The number of amides is 1. The number of fused-ring (bicyclic) bond motifs is 1. The zero-order valence-corrected chi connectivity index (χ0v) is 13.2. The predicted octanol–water partition coefficient (Wildman–Crippen LogP) is 3.64. The summed E-state index contributed by atoms with van der Waals surface area (Å²) in [4.78, 5) is 16.7. The molecule has 0 spiro atoms.